The third kappa shape index (κ3) is 3.54. The van der Waals surface area contributed by atoms with Crippen LogP contribution in [-0.4, -0.2) is 24.9 Å². The minimum atomic E-state index is -4.45. The second-order valence-corrected chi connectivity index (χ2v) is 9.27. The number of para-hydroxylation sites is 1. The summed E-state index contributed by atoms with van der Waals surface area (Å²) in [6.45, 7) is 1.99. The van der Waals surface area contributed by atoms with Crippen LogP contribution in [0, 0.1) is 0 Å². The van der Waals surface area contributed by atoms with Crippen molar-refractivity contribution in [3.8, 4) is 11.3 Å². The number of rotatable bonds is 4. The van der Waals surface area contributed by atoms with Gasteiger partial charge in [0.2, 0.25) is 0 Å². The van der Waals surface area contributed by atoms with E-state index in [0.717, 1.165) is 17.8 Å². The molecule has 0 unspecified atom stereocenters. The molecular formula is C20H16F3N3O2S2. The normalized spacial score (nSPS) is 14.9. The maximum atomic E-state index is 13.2. The summed E-state index contributed by atoms with van der Waals surface area (Å²) in [7, 11) is -3.81. The Bertz CT molecular complexity index is 1210. The molecular weight excluding hydrogens is 435 g/mol. The van der Waals surface area contributed by atoms with E-state index in [1.807, 2.05) is 0 Å². The number of alkyl halides is 3. The summed E-state index contributed by atoms with van der Waals surface area (Å²) in [4.78, 5) is 8.48. The van der Waals surface area contributed by atoms with Crippen molar-refractivity contribution in [2.45, 2.75) is 28.9 Å². The number of fused-ring (bicyclic) bond motifs is 3. The van der Waals surface area contributed by atoms with Gasteiger partial charge in [0, 0.05) is 17.9 Å². The molecule has 4 rings (SSSR count). The molecule has 0 spiro atoms. The molecule has 10 heteroatoms. The molecule has 3 aromatic rings. The van der Waals surface area contributed by atoms with Gasteiger partial charge in [0.25, 0.3) is 10.0 Å². The molecule has 2 aromatic carbocycles. The van der Waals surface area contributed by atoms with E-state index in [1.165, 1.54) is 22.6 Å². The smallest absolute Gasteiger partial charge is 0.266 e. The Morgan fingerprint density at radius 2 is 1.77 bits per heavy atom. The molecule has 1 aliphatic heterocycles. The van der Waals surface area contributed by atoms with Gasteiger partial charge in [-0.15, -0.1) is 0 Å². The molecule has 0 saturated carbocycles. The number of hydrogen-bond donors (Lipinski definition) is 0. The zero-order chi connectivity index (χ0) is 21.5. The molecule has 0 amide bonds. The van der Waals surface area contributed by atoms with Crippen molar-refractivity contribution in [3.05, 3.63) is 65.9 Å². The van der Waals surface area contributed by atoms with E-state index in [0.29, 0.717) is 11.3 Å². The zero-order valence-electron chi connectivity index (χ0n) is 15.7. The highest BCUT2D eigenvalue weighted by molar-refractivity contribution is 7.98. The van der Waals surface area contributed by atoms with Gasteiger partial charge in [0.05, 0.1) is 23.1 Å². The van der Waals surface area contributed by atoms with Gasteiger partial charge in [-0.25, -0.2) is 18.4 Å². The molecule has 0 fully saturated rings. The Balaban J connectivity index is 1.71. The number of hydrogen-bond acceptors (Lipinski definition) is 5. The topological polar surface area (TPSA) is 63.2 Å². The SMILES string of the molecule is CCN1c2ccccc2-c2nc(SCc3ccccc3C(F)(F)F)ncc2S1(=O)=O. The molecule has 0 saturated heterocycles. The van der Waals surface area contributed by atoms with E-state index in [9.17, 15) is 21.6 Å². The average Bonchev–Trinajstić information content (AvgIpc) is 2.72. The van der Waals surface area contributed by atoms with Crippen molar-refractivity contribution >= 4 is 27.5 Å². The number of halogens is 3. The molecule has 156 valence electrons. The fourth-order valence-electron chi connectivity index (χ4n) is 3.35. The number of thioether (sulfide) groups is 1. The van der Waals surface area contributed by atoms with E-state index >= 15 is 0 Å². The van der Waals surface area contributed by atoms with Crippen LogP contribution in [-0.2, 0) is 22.0 Å². The first-order valence-electron chi connectivity index (χ1n) is 9.00. The Kier molecular flexibility index (Phi) is 5.23. The van der Waals surface area contributed by atoms with E-state index < -0.39 is 21.8 Å². The van der Waals surface area contributed by atoms with Crippen molar-refractivity contribution < 1.29 is 21.6 Å². The Morgan fingerprint density at radius 1 is 1.07 bits per heavy atom. The second-order valence-electron chi connectivity index (χ2n) is 6.50. The molecule has 0 atom stereocenters. The van der Waals surface area contributed by atoms with Crippen molar-refractivity contribution in [3.63, 3.8) is 0 Å². The van der Waals surface area contributed by atoms with Gasteiger partial charge in [-0.3, -0.25) is 4.31 Å². The molecule has 0 aliphatic carbocycles. The highest BCUT2D eigenvalue weighted by Gasteiger charge is 2.36. The highest BCUT2D eigenvalue weighted by atomic mass is 32.2. The third-order valence-electron chi connectivity index (χ3n) is 4.70. The summed E-state index contributed by atoms with van der Waals surface area (Å²) >= 11 is 1.03. The highest BCUT2D eigenvalue weighted by Crippen LogP contribution is 2.42. The van der Waals surface area contributed by atoms with Crippen molar-refractivity contribution in [1.29, 1.82) is 0 Å². The molecule has 1 aliphatic rings. The van der Waals surface area contributed by atoms with Crippen LogP contribution >= 0.6 is 11.8 Å². The maximum absolute atomic E-state index is 13.2. The van der Waals surface area contributed by atoms with Crippen molar-refractivity contribution in [2.75, 3.05) is 10.8 Å². The van der Waals surface area contributed by atoms with Gasteiger partial charge in [0.1, 0.15) is 4.90 Å². The fraction of sp³-hybridized carbons (Fsp3) is 0.200. The lowest BCUT2D eigenvalue weighted by Gasteiger charge is -2.30. The molecule has 2 heterocycles. The Morgan fingerprint density at radius 3 is 2.50 bits per heavy atom. The van der Waals surface area contributed by atoms with Gasteiger partial charge < -0.3 is 0 Å². The van der Waals surface area contributed by atoms with Crippen LogP contribution in [0.2, 0.25) is 0 Å². The summed E-state index contributed by atoms with van der Waals surface area (Å²) in [6, 6.07) is 12.3. The number of anilines is 1. The first kappa shape index (κ1) is 20.7. The summed E-state index contributed by atoms with van der Waals surface area (Å²) in [5, 5.41) is 0.209. The summed E-state index contributed by atoms with van der Waals surface area (Å²) in [5.74, 6) is 0.00392. The molecule has 30 heavy (non-hydrogen) atoms. The van der Waals surface area contributed by atoms with Crippen LogP contribution in [0.25, 0.3) is 11.3 Å². The lowest BCUT2D eigenvalue weighted by molar-refractivity contribution is -0.138. The first-order chi connectivity index (χ1) is 14.2. The molecule has 0 N–H and O–H groups in total. The second kappa shape index (κ2) is 7.59. The van der Waals surface area contributed by atoms with Gasteiger partial charge in [-0.05, 0) is 24.6 Å². The van der Waals surface area contributed by atoms with Crippen LogP contribution in [0.5, 0.6) is 0 Å². The molecule has 1 aromatic heterocycles. The zero-order valence-corrected chi connectivity index (χ0v) is 17.4. The van der Waals surface area contributed by atoms with Crippen molar-refractivity contribution in [2.24, 2.45) is 0 Å². The van der Waals surface area contributed by atoms with Gasteiger partial charge >= 0.3 is 6.18 Å². The van der Waals surface area contributed by atoms with Gasteiger partial charge in [-0.2, -0.15) is 13.2 Å². The summed E-state index contributed by atoms with van der Waals surface area (Å²) < 4.78 is 66.8. The van der Waals surface area contributed by atoms with Gasteiger partial charge in [-0.1, -0.05) is 48.2 Å². The largest absolute Gasteiger partial charge is 0.416 e. The molecule has 0 radical (unpaired) electrons. The Labute approximate surface area is 176 Å². The number of sulfonamides is 1. The van der Waals surface area contributed by atoms with Crippen molar-refractivity contribution in [1.82, 2.24) is 9.97 Å². The first-order valence-corrected chi connectivity index (χ1v) is 11.4. The quantitative estimate of drug-likeness (QED) is 0.413. The Hall–Kier alpha value is -2.59. The summed E-state index contributed by atoms with van der Waals surface area (Å²) in [6.07, 6.45) is -3.22. The predicted molar refractivity (Wildman–Crippen MR) is 109 cm³/mol. The van der Waals surface area contributed by atoms with E-state index in [1.54, 1.807) is 37.3 Å². The number of benzene rings is 2. The number of aromatic nitrogens is 2. The van der Waals surface area contributed by atoms with E-state index in [4.69, 9.17) is 0 Å². The van der Waals surface area contributed by atoms with Crippen LogP contribution in [0.4, 0.5) is 18.9 Å². The average molecular weight is 451 g/mol. The predicted octanol–water partition coefficient (Wildman–Crippen LogP) is 4.98. The van der Waals surface area contributed by atoms with E-state index in [-0.39, 0.29) is 33.6 Å². The minimum absolute atomic E-state index is 0.00392. The van der Waals surface area contributed by atoms with Crippen LogP contribution < -0.4 is 4.31 Å². The lowest BCUT2D eigenvalue weighted by Crippen LogP contribution is -2.34. The van der Waals surface area contributed by atoms with Crippen LogP contribution in [0.15, 0.2) is 64.8 Å². The monoisotopic (exact) mass is 451 g/mol. The number of nitrogens with zero attached hydrogens (tertiary/aromatic N) is 3. The van der Waals surface area contributed by atoms with Crippen LogP contribution in [0.3, 0.4) is 0 Å². The molecule has 5 nitrogen and oxygen atoms in total. The molecule has 0 bridgehead atoms. The standard InChI is InChI=1S/C20H16F3N3O2S2/c1-2-26-16-10-6-4-8-14(16)18-17(30(26,27)28)11-24-19(25-18)29-12-13-7-3-5-9-15(13)20(21,22)23/h3-11H,2,12H2,1H3. The van der Waals surface area contributed by atoms with E-state index in [2.05, 4.69) is 9.97 Å². The fourth-order valence-corrected chi connectivity index (χ4v) is 5.75. The summed E-state index contributed by atoms with van der Waals surface area (Å²) in [5.41, 5.74) is 0.828. The lowest BCUT2D eigenvalue weighted by atomic mass is 10.1. The maximum Gasteiger partial charge on any atom is 0.416 e. The van der Waals surface area contributed by atoms with Crippen LogP contribution in [0.1, 0.15) is 18.1 Å². The van der Waals surface area contributed by atoms with Gasteiger partial charge in [0.15, 0.2) is 5.16 Å². The minimum Gasteiger partial charge on any atom is -0.266 e. The third-order valence-corrected chi connectivity index (χ3v) is 7.50.